The highest BCUT2D eigenvalue weighted by atomic mass is 35.5. The molecule has 6 rings (SSSR count). The molecule has 2 atom stereocenters. The first-order valence-electron chi connectivity index (χ1n) is 12.3. The van der Waals surface area contributed by atoms with Crippen molar-refractivity contribution in [2.75, 3.05) is 5.32 Å². The molecule has 200 valence electrons. The van der Waals surface area contributed by atoms with E-state index in [1.807, 2.05) is 11.5 Å². The third kappa shape index (κ3) is 4.68. The van der Waals surface area contributed by atoms with Crippen LogP contribution in [0.15, 0.2) is 48.7 Å². The first kappa shape index (κ1) is 25.2. The topological polar surface area (TPSA) is 118 Å². The molecule has 0 fully saturated rings. The predicted molar refractivity (Wildman–Crippen MR) is 139 cm³/mol. The molecule has 4 aromatic rings. The minimum Gasteiger partial charge on any atom is -0.420 e. The SMILES string of the molecule is C[C@@H]1CCC(O)c2nc3cc(C(=O)Nc4ccc(OC(F)(F)Cl)cc4)cc(-c4cnc5c(c4)C(=O)NC5)c3n21. The van der Waals surface area contributed by atoms with Crippen LogP contribution < -0.4 is 15.4 Å². The van der Waals surface area contributed by atoms with Gasteiger partial charge in [-0.05, 0) is 62.2 Å². The van der Waals surface area contributed by atoms with E-state index in [9.17, 15) is 23.5 Å². The number of anilines is 1. The smallest absolute Gasteiger partial charge is 0.420 e. The second kappa shape index (κ2) is 9.28. The van der Waals surface area contributed by atoms with Crippen molar-refractivity contribution in [3.05, 3.63) is 71.3 Å². The fourth-order valence-electron chi connectivity index (χ4n) is 5.12. The quantitative estimate of drug-likeness (QED) is 0.294. The van der Waals surface area contributed by atoms with E-state index in [-0.39, 0.29) is 23.3 Å². The van der Waals surface area contributed by atoms with Crippen molar-refractivity contribution in [2.45, 2.75) is 44.0 Å². The minimum atomic E-state index is -3.85. The molecule has 0 saturated heterocycles. The molecule has 0 radical (unpaired) electrons. The standard InChI is InChI=1S/C27H22ClF2N5O4/c1-13-2-7-22(36)24-34-20-10-14(25(37)33-16-3-5-17(6-4-16)39-27(28,29)30)8-18(23(20)35(13)24)15-9-19-21(31-11-15)12-32-26(19)38/h3-6,8-11,13,22,36H,2,7,12H2,1H3,(H,32,38)(H,33,37)/t13-,22?/m1/s1. The number of nitrogens with zero attached hydrogens (tertiary/aromatic N) is 3. The summed E-state index contributed by atoms with van der Waals surface area (Å²) in [5, 5.41) is 16.2. The van der Waals surface area contributed by atoms with Gasteiger partial charge in [0.05, 0.1) is 28.8 Å². The molecule has 2 aromatic heterocycles. The Morgan fingerprint density at radius 1 is 1.21 bits per heavy atom. The van der Waals surface area contributed by atoms with Gasteiger partial charge in [0, 0.05) is 46.2 Å². The highest BCUT2D eigenvalue weighted by Gasteiger charge is 2.30. The normalized spacial score (nSPS) is 18.4. The lowest BCUT2D eigenvalue weighted by Crippen LogP contribution is -2.19. The lowest BCUT2D eigenvalue weighted by atomic mass is 9.98. The van der Waals surface area contributed by atoms with Crippen LogP contribution in [0.3, 0.4) is 0 Å². The van der Waals surface area contributed by atoms with Gasteiger partial charge in [-0.3, -0.25) is 14.6 Å². The van der Waals surface area contributed by atoms with Crippen LogP contribution in [0, 0.1) is 0 Å². The van der Waals surface area contributed by atoms with Crippen molar-refractivity contribution in [3.8, 4) is 16.9 Å². The molecule has 0 aliphatic carbocycles. The monoisotopic (exact) mass is 553 g/mol. The van der Waals surface area contributed by atoms with Crippen LogP contribution in [0.2, 0.25) is 0 Å². The molecule has 2 aliphatic heterocycles. The maximum atomic E-state index is 13.3. The number of carbonyl (C=O) groups excluding carboxylic acids is 2. The number of alkyl halides is 3. The fourth-order valence-corrected chi connectivity index (χ4v) is 5.21. The number of pyridine rings is 1. The molecule has 1 unspecified atom stereocenters. The summed E-state index contributed by atoms with van der Waals surface area (Å²) in [6.45, 7) is 2.40. The Hall–Kier alpha value is -4.09. The number of rotatable bonds is 5. The summed E-state index contributed by atoms with van der Waals surface area (Å²) >= 11 is 4.80. The van der Waals surface area contributed by atoms with Crippen molar-refractivity contribution in [1.82, 2.24) is 19.9 Å². The molecule has 0 bridgehead atoms. The van der Waals surface area contributed by atoms with Crippen LogP contribution in [0.4, 0.5) is 14.5 Å². The molecule has 12 heteroatoms. The Bertz CT molecular complexity index is 1630. The summed E-state index contributed by atoms with van der Waals surface area (Å²) in [7, 11) is 0. The molecule has 39 heavy (non-hydrogen) atoms. The number of hydrogen-bond donors (Lipinski definition) is 3. The van der Waals surface area contributed by atoms with Gasteiger partial charge in [0.2, 0.25) is 0 Å². The number of aliphatic hydroxyl groups is 1. The number of aromatic nitrogens is 3. The lowest BCUT2D eigenvalue weighted by Gasteiger charge is -2.26. The zero-order chi connectivity index (χ0) is 27.5. The van der Waals surface area contributed by atoms with Crippen LogP contribution in [0.1, 0.15) is 64.1 Å². The van der Waals surface area contributed by atoms with Crippen molar-refractivity contribution in [3.63, 3.8) is 0 Å². The van der Waals surface area contributed by atoms with Crippen molar-refractivity contribution in [2.24, 2.45) is 0 Å². The number of ether oxygens (including phenoxy) is 1. The number of nitrogens with one attached hydrogen (secondary N) is 2. The van der Waals surface area contributed by atoms with E-state index in [2.05, 4.69) is 25.3 Å². The summed E-state index contributed by atoms with van der Waals surface area (Å²) in [4.78, 5) is 34.8. The molecular weight excluding hydrogens is 532 g/mol. The van der Waals surface area contributed by atoms with E-state index < -0.39 is 17.6 Å². The highest BCUT2D eigenvalue weighted by Crippen LogP contribution is 2.40. The van der Waals surface area contributed by atoms with Crippen LogP contribution in [-0.4, -0.2) is 37.0 Å². The third-order valence-corrected chi connectivity index (χ3v) is 7.04. The summed E-state index contributed by atoms with van der Waals surface area (Å²) in [6, 6.07) is 10.5. The maximum Gasteiger partial charge on any atom is 0.487 e. The van der Waals surface area contributed by atoms with Gasteiger partial charge >= 0.3 is 5.57 Å². The lowest BCUT2D eigenvalue weighted by molar-refractivity contribution is -0.0964. The van der Waals surface area contributed by atoms with E-state index in [1.54, 1.807) is 24.4 Å². The van der Waals surface area contributed by atoms with E-state index in [0.717, 1.165) is 11.9 Å². The molecule has 3 N–H and O–H groups in total. The molecule has 2 aliphatic rings. The Kier molecular flexibility index (Phi) is 6.00. The molecule has 0 spiro atoms. The Morgan fingerprint density at radius 3 is 2.72 bits per heavy atom. The molecule has 4 heterocycles. The molecular formula is C27H22ClF2N5O4. The first-order chi connectivity index (χ1) is 18.6. The molecule has 0 saturated carbocycles. The maximum absolute atomic E-state index is 13.3. The fraction of sp³-hybridized carbons (Fsp3) is 0.259. The highest BCUT2D eigenvalue weighted by molar-refractivity contribution is 6.20. The number of hydrogen-bond acceptors (Lipinski definition) is 6. The van der Waals surface area contributed by atoms with Crippen molar-refractivity contribution >= 4 is 40.1 Å². The van der Waals surface area contributed by atoms with Gasteiger partial charge in [-0.1, -0.05) is 0 Å². The average Bonchev–Trinajstić information content (AvgIpc) is 3.47. The van der Waals surface area contributed by atoms with Gasteiger partial charge in [-0.2, -0.15) is 0 Å². The Labute approximate surface area is 225 Å². The van der Waals surface area contributed by atoms with Crippen LogP contribution in [0.25, 0.3) is 22.2 Å². The van der Waals surface area contributed by atoms with E-state index >= 15 is 0 Å². The third-order valence-electron chi connectivity index (χ3n) is 6.96. The van der Waals surface area contributed by atoms with E-state index in [1.165, 1.54) is 24.3 Å². The number of halogens is 3. The predicted octanol–water partition coefficient (Wildman–Crippen LogP) is 5.15. The number of imidazole rings is 1. The Morgan fingerprint density at radius 2 is 1.97 bits per heavy atom. The molecule has 2 aromatic carbocycles. The van der Waals surface area contributed by atoms with Crippen molar-refractivity contribution < 1.29 is 28.2 Å². The number of carbonyl (C=O) groups is 2. The van der Waals surface area contributed by atoms with Crippen LogP contribution in [0.5, 0.6) is 5.75 Å². The zero-order valence-electron chi connectivity index (χ0n) is 20.5. The molecule has 9 nitrogen and oxygen atoms in total. The minimum absolute atomic E-state index is 0.0543. The molecule has 2 amide bonds. The zero-order valence-corrected chi connectivity index (χ0v) is 21.3. The van der Waals surface area contributed by atoms with Gasteiger partial charge in [0.25, 0.3) is 11.8 Å². The second-order valence-electron chi connectivity index (χ2n) is 9.60. The van der Waals surface area contributed by atoms with Gasteiger partial charge in [0.1, 0.15) is 17.7 Å². The number of aliphatic hydroxyl groups excluding tert-OH is 1. The van der Waals surface area contributed by atoms with Crippen molar-refractivity contribution in [1.29, 1.82) is 0 Å². The summed E-state index contributed by atoms with van der Waals surface area (Å²) in [5.41, 5.74) is 0.389. The van der Waals surface area contributed by atoms with E-state index in [4.69, 9.17) is 11.6 Å². The van der Waals surface area contributed by atoms with Gasteiger partial charge in [-0.15, -0.1) is 8.78 Å². The van der Waals surface area contributed by atoms with E-state index in [0.29, 0.717) is 52.4 Å². The first-order valence-corrected chi connectivity index (χ1v) is 12.6. The average molecular weight is 554 g/mol. The number of fused-ring (bicyclic) bond motifs is 4. The van der Waals surface area contributed by atoms with Gasteiger partial charge in [0.15, 0.2) is 0 Å². The number of benzene rings is 2. The summed E-state index contributed by atoms with van der Waals surface area (Å²) in [5.74, 6) is -0.342. The van der Waals surface area contributed by atoms with Gasteiger partial charge in [-0.25, -0.2) is 4.98 Å². The second-order valence-corrected chi connectivity index (χ2v) is 10.0. The van der Waals surface area contributed by atoms with Crippen LogP contribution in [-0.2, 0) is 6.54 Å². The van der Waals surface area contributed by atoms with Crippen LogP contribution >= 0.6 is 11.6 Å². The Balaban J connectivity index is 1.43. The largest absolute Gasteiger partial charge is 0.487 e. The summed E-state index contributed by atoms with van der Waals surface area (Å²) in [6.07, 6.45) is 2.24. The number of amides is 2. The summed E-state index contributed by atoms with van der Waals surface area (Å²) < 4.78 is 32.1. The van der Waals surface area contributed by atoms with Gasteiger partial charge < -0.3 is 25.0 Å².